The molecule has 0 aliphatic carbocycles. The minimum atomic E-state index is -0.664. The number of thioether (sulfide) groups is 1. The Hall–Kier alpha value is -2.92. The van der Waals surface area contributed by atoms with Crippen molar-refractivity contribution in [3.05, 3.63) is 38.8 Å². The summed E-state index contributed by atoms with van der Waals surface area (Å²) in [5.74, 6) is -1.16. The SMILES string of the molecule is CC(C)COC(=O)CN1C(=O)S/C(=C\c2ccc(N3CCOCC3)c([N+](=O)[O-])c2)C1=O. The van der Waals surface area contributed by atoms with Gasteiger partial charge in [0.05, 0.1) is 29.6 Å². The lowest BCUT2D eigenvalue weighted by Gasteiger charge is -2.28. The van der Waals surface area contributed by atoms with Crippen molar-refractivity contribution in [3.63, 3.8) is 0 Å². The van der Waals surface area contributed by atoms with Gasteiger partial charge in [-0.3, -0.25) is 29.4 Å². The summed E-state index contributed by atoms with van der Waals surface area (Å²) < 4.78 is 10.3. The number of anilines is 1. The first-order valence-corrected chi connectivity index (χ1v) is 10.6. The van der Waals surface area contributed by atoms with Crippen LogP contribution in [0.4, 0.5) is 16.2 Å². The maximum absolute atomic E-state index is 12.6. The van der Waals surface area contributed by atoms with E-state index < -0.39 is 28.6 Å². The zero-order valence-electron chi connectivity index (χ0n) is 17.2. The quantitative estimate of drug-likeness (QED) is 0.268. The lowest BCUT2D eigenvalue weighted by molar-refractivity contribution is -0.384. The maximum Gasteiger partial charge on any atom is 0.326 e. The second-order valence-electron chi connectivity index (χ2n) is 7.45. The smallest absolute Gasteiger partial charge is 0.326 e. The largest absolute Gasteiger partial charge is 0.464 e. The van der Waals surface area contributed by atoms with E-state index in [1.54, 1.807) is 12.1 Å². The highest BCUT2D eigenvalue weighted by Crippen LogP contribution is 2.35. The zero-order chi connectivity index (χ0) is 22.5. The number of nitrogens with zero attached hydrogens (tertiary/aromatic N) is 3. The molecule has 10 nitrogen and oxygen atoms in total. The normalized spacial score (nSPS) is 18.2. The van der Waals surface area contributed by atoms with Gasteiger partial charge in [-0.15, -0.1) is 0 Å². The Kier molecular flexibility index (Phi) is 7.29. The van der Waals surface area contributed by atoms with Gasteiger partial charge in [-0.05, 0) is 35.4 Å². The number of benzene rings is 1. The van der Waals surface area contributed by atoms with Crippen molar-refractivity contribution < 1.29 is 28.8 Å². The molecule has 3 rings (SSSR count). The summed E-state index contributed by atoms with van der Waals surface area (Å²) in [6.07, 6.45) is 1.42. The van der Waals surface area contributed by atoms with E-state index in [1.807, 2.05) is 18.7 Å². The third kappa shape index (κ3) is 5.61. The van der Waals surface area contributed by atoms with E-state index >= 15 is 0 Å². The van der Waals surface area contributed by atoms with E-state index in [1.165, 1.54) is 12.1 Å². The van der Waals surface area contributed by atoms with E-state index in [-0.39, 0.29) is 23.1 Å². The van der Waals surface area contributed by atoms with Crippen LogP contribution in [0.1, 0.15) is 19.4 Å². The molecule has 2 aliphatic heterocycles. The molecule has 166 valence electrons. The van der Waals surface area contributed by atoms with E-state index in [2.05, 4.69) is 0 Å². The van der Waals surface area contributed by atoms with Crippen molar-refractivity contribution >= 4 is 46.3 Å². The minimum Gasteiger partial charge on any atom is -0.464 e. The number of carbonyl (C=O) groups is 3. The van der Waals surface area contributed by atoms with Crippen LogP contribution in [0.3, 0.4) is 0 Å². The summed E-state index contributed by atoms with van der Waals surface area (Å²) in [4.78, 5) is 50.6. The summed E-state index contributed by atoms with van der Waals surface area (Å²) in [5.41, 5.74) is 0.801. The monoisotopic (exact) mass is 449 g/mol. The molecule has 0 atom stereocenters. The predicted molar refractivity (Wildman–Crippen MR) is 115 cm³/mol. The van der Waals surface area contributed by atoms with Crippen molar-refractivity contribution in [2.75, 3.05) is 44.4 Å². The number of morpholine rings is 1. The van der Waals surface area contributed by atoms with Crippen LogP contribution in [0, 0.1) is 16.0 Å². The number of imide groups is 1. The molecule has 31 heavy (non-hydrogen) atoms. The second kappa shape index (κ2) is 9.92. The first-order valence-electron chi connectivity index (χ1n) is 9.78. The summed E-state index contributed by atoms with van der Waals surface area (Å²) in [7, 11) is 0. The number of hydrogen-bond acceptors (Lipinski definition) is 9. The number of rotatable bonds is 7. The molecule has 0 radical (unpaired) electrons. The molecule has 0 saturated carbocycles. The molecular weight excluding hydrogens is 426 g/mol. The van der Waals surface area contributed by atoms with E-state index in [4.69, 9.17) is 9.47 Å². The molecule has 0 unspecified atom stereocenters. The van der Waals surface area contributed by atoms with Gasteiger partial charge in [0, 0.05) is 19.2 Å². The number of nitro benzene ring substituents is 1. The number of ether oxygens (including phenoxy) is 2. The second-order valence-corrected chi connectivity index (χ2v) is 8.44. The highest BCUT2D eigenvalue weighted by molar-refractivity contribution is 8.18. The van der Waals surface area contributed by atoms with Crippen LogP contribution < -0.4 is 4.90 Å². The number of esters is 1. The van der Waals surface area contributed by atoms with Crippen LogP contribution in [0.2, 0.25) is 0 Å². The van der Waals surface area contributed by atoms with E-state index in [9.17, 15) is 24.5 Å². The van der Waals surface area contributed by atoms with Crippen molar-refractivity contribution in [3.8, 4) is 0 Å². The van der Waals surface area contributed by atoms with Crippen molar-refractivity contribution in [1.29, 1.82) is 0 Å². The third-order valence-corrected chi connectivity index (χ3v) is 5.49. The Bertz CT molecular complexity index is 925. The Morgan fingerprint density at radius 1 is 1.32 bits per heavy atom. The molecule has 1 aromatic carbocycles. The molecule has 0 spiro atoms. The number of amides is 2. The standard InChI is InChI=1S/C20H23N3O7S/c1-13(2)12-30-18(24)11-22-19(25)17(31-20(22)26)10-14-3-4-15(16(9-14)23(27)28)21-5-7-29-8-6-21/h3-4,9-10,13H,5-8,11-12H2,1-2H3/b17-10-. The van der Waals surface area contributed by atoms with Crippen LogP contribution in [0.15, 0.2) is 23.1 Å². The summed E-state index contributed by atoms with van der Waals surface area (Å²) >= 11 is 0.683. The fourth-order valence-corrected chi connectivity index (χ4v) is 3.91. The van der Waals surface area contributed by atoms with Gasteiger partial charge >= 0.3 is 5.97 Å². The Balaban J connectivity index is 1.77. The average molecular weight is 449 g/mol. The predicted octanol–water partition coefficient (Wildman–Crippen LogP) is 2.67. The van der Waals surface area contributed by atoms with E-state index in [0.29, 0.717) is 49.3 Å². The van der Waals surface area contributed by atoms with Gasteiger partial charge in [0.25, 0.3) is 16.8 Å². The van der Waals surface area contributed by atoms with Gasteiger partial charge in [0.1, 0.15) is 12.2 Å². The van der Waals surface area contributed by atoms with E-state index in [0.717, 1.165) is 4.90 Å². The van der Waals surface area contributed by atoms with Gasteiger partial charge in [-0.1, -0.05) is 19.9 Å². The zero-order valence-corrected chi connectivity index (χ0v) is 18.1. The lowest BCUT2D eigenvalue weighted by atomic mass is 10.1. The van der Waals surface area contributed by atoms with Gasteiger partial charge in [0.2, 0.25) is 0 Å². The fraction of sp³-hybridized carbons (Fsp3) is 0.450. The highest BCUT2D eigenvalue weighted by atomic mass is 32.2. The number of carbonyl (C=O) groups excluding carboxylic acids is 3. The fourth-order valence-electron chi connectivity index (χ4n) is 3.07. The molecule has 0 N–H and O–H groups in total. The molecule has 2 fully saturated rings. The maximum atomic E-state index is 12.6. The van der Waals surface area contributed by atoms with Crippen molar-refractivity contribution in [2.45, 2.75) is 13.8 Å². The minimum absolute atomic E-state index is 0.0906. The van der Waals surface area contributed by atoms with Crippen LogP contribution in [0.5, 0.6) is 0 Å². The number of hydrogen-bond donors (Lipinski definition) is 0. The Morgan fingerprint density at radius 2 is 2.03 bits per heavy atom. The molecule has 2 amide bonds. The molecule has 2 heterocycles. The van der Waals surface area contributed by atoms with Crippen LogP contribution in [-0.2, 0) is 19.1 Å². The van der Waals surface area contributed by atoms with Crippen LogP contribution >= 0.6 is 11.8 Å². The summed E-state index contributed by atoms with van der Waals surface area (Å²) in [6.45, 7) is 5.56. The first-order chi connectivity index (χ1) is 14.8. The molecule has 2 aliphatic rings. The van der Waals surface area contributed by atoms with Gasteiger partial charge in [-0.2, -0.15) is 0 Å². The highest BCUT2D eigenvalue weighted by Gasteiger charge is 2.37. The topological polar surface area (TPSA) is 119 Å². The van der Waals surface area contributed by atoms with Crippen molar-refractivity contribution in [1.82, 2.24) is 4.90 Å². The van der Waals surface area contributed by atoms with Gasteiger partial charge in [0.15, 0.2) is 0 Å². The molecule has 11 heteroatoms. The van der Waals surface area contributed by atoms with Crippen LogP contribution in [-0.4, -0.2) is 66.4 Å². The Morgan fingerprint density at radius 3 is 2.68 bits per heavy atom. The summed E-state index contributed by atoms with van der Waals surface area (Å²) in [5, 5.41) is 11.0. The van der Waals surface area contributed by atoms with Crippen LogP contribution in [0.25, 0.3) is 6.08 Å². The molecule has 0 aromatic heterocycles. The van der Waals surface area contributed by atoms with Crippen molar-refractivity contribution in [2.24, 2.45) is 5.92 Å². The van der Waals surface area contributed by atoms with Gasteiger partial charge in [-0.25, -0.2) is 0 Å². The lowest BCUT2D eigenvalue weighted by Crippen LogP contribution is -2.36. The molecule has 2 saturated heterocycles. The first kappa shape index (κ1) is 22.8. The summed E-state index contributed by atoms with van der Waals surface area (Å²) in [6, 6.07) is 4.65. The molecule has 1 aromatic rings. The average Bonchev–Trinajstić information content (AvgIpc) is 3.00. The third-order valence-electron chi connectivity index (χ3n) is 4.58. The number of nitro groups is 1. The molecular formula is C20H23N3O7S. The Labute approximate surface area is 183 Å². The van der Waals surface area contributed by atoms with Gasteiger partial charge < -0.3 is 14.4 Å². The molecule has 0 bridgehead atoms.